The molecule has 0 unspecified atom stereocenters. The quantitative estimate of drug-likeness (QED) is 0.632. The number of aryl methyl sites for hydroxylation is 2. The van der Waals surface area contributed by atoms with Crippen LogP contribution in [-0.4, -0.2) is 66.1 Å². The minimum absolute atomic E-state index is 0.0344. The summed E-state index contributed by atoms with van der Waals surface area (Å²) < 4.78 is 12.4. The first-order valence-electron chi connectivity index (χ1n) is 9.06. The second kappa shape index (κ2) is 8.49. The Kier molecular flexibility index (Phi) is 6.05. The molecule has 0 aliphatic heterocycles. The van der Waals surface area contributed by atoms with Crippen molar-refractivity contribution in [2.75, 3.05) is 51.7 Å². The zero-order valence-corrected chi connectivity index (χ0v) is 17.2. The number of ether oxygens (including phenoxy) is 2. The van der Waals surface area contributed by atoms with Crippen LogP contribution in [0.4, 0.5) is 17.5 Å². The van der Waals surface area contributed by atoms with Crippen molar-refractivity contribution in [3.8, 4) is 0 Å². The topological polar surface area (TPSA) is 89.7 Å². The first kappa shape index (κ1) is 20.0. The smallest absolute Gasteiger partial charge is 0.232 e. The van der Waals surface area contributed by atoms with Crippen molar-refractivity contribution in [3.05, 3.63) is 35.4 Å². The highest BCUT2D eigenvalue weighted by Crippen LogP contribution is 2.29. The largest absolute Gasteiger partial charge is 0.384 e. The Bertz CT molecular complexity index is 949. The van der Waals surface area contributed by atoms with Crippen LogP contribution in [0.3, 0.4) is 0 Å². The Hall–Kier alpha value is -2.78. The number of methoxy groups -OCH3 is 2. The highest BCUT2D eigenvalue weighted by Gasteiger charge is 2.21. The molecule has 0 aliphatic rings. The Morgan fingerprint density at radius 1 is 1.14 bits per heavy atom. The van der Waals surface area contributed by atoms with Crippen molar-refractivity contribution >= 4 is 23.1 Å². The van der Waals surface area contributed by atoms with Gasteiger partial charge in [-0.15, -0.1) is 0 Å². The average Bonchev–Trinajstić information content (AvgIpc) is 3.06. The van der Waals surface area contributed by atoms with Gasteiger partial charge in [-0.1, -0.05) is 0 Å². The third kappa shape index (κ3) is 3.90. The number of rotatable bonds is 8. The summed E-state index contributed by atoms with van der Waals surface area (Å²) in [5, 5.41) is 7.93. The van der Waals surface area contributed by atoms with E-state index in [-0.39, 0.29) is 5.92 Å². The minimum atomic E-state index is 0.0344. The lowest BCUT2D eigenvalue weighted by Crippen LogP contribution is -2.16. The normalized spacial score (nSPS) is 11.4. The Labute approximate surface area is 164 Å². The van der Waals surface area contributed by atoms with E-state index >= 15 is 0 Å². The molecule has 0 amide bonds. The summed E-state index contributed by atoms with van der Waals surface area (Å²) in [5.41, 5.74) is 3.65. The lowest BCUT2D eigenvalue weighted by Gasteiger charge is -2.19. The second-order valence-corrected chi connectivity index (χ2v) is 6.88. The van der Waals surface area contributed by atoms with Crippen LogP contribution in [0.2, 0.25) is 0 Å². The van der Waals surface area contributed by atoms with Crippen molar-refractivity contribution in [3.63, 3.8) is 0 Å². The maximum Gasteiger partial charge on any atom is 0.232 e. The van der Waals surface area contributed by atoms with Crippen molar-refractivity contribution in [2.45, 2.75) is 19.8 Å². The van der Waals surface area contributed by atoms with Gasteiger partial charge in [0.2, 0.25) is 5.95 Å². The number of pyridine rings is 1. The van der Waals surface area contributed by atoms with Gasteiger partial charge < -0.3 is 19.7 Å². The zero-order chi connectivity index (χ0) is 20.3. The van der Waals surface area contributed by atoms with E-state index in [2.05, 4.69) is 25.4 Å². The molecule has 0 aliphatic carbocycles. The summed E-state index contributed by atoms with van der Waals surface area (Å²) in [6.45, 7) is 4.94. The van der Waals surface area contributed by atoms with Crippen LogP contribution < -0.4 is 10.2 Å². The standard InChI is InChI=1S/C19H27N7O2/c1-12-7-8-20-18(25(3)4)16(12)24-19-23-13(2)22-17-15(9-21-26(17)19)14(10-27-5)11-28-6/h7-9,14H,10-11H2,1-6H3,(H,22,23,24). The Balaban J connectivity index is 2.09. The number of nitrogens with one attached hydrogen (secondary N) is 1. The van der Waals surface area contributed by atoms with Gasteiger partial charge in [0.15, 0.2) is 11.5 Å². The first-order chi connectivity index (χ1) is 13.5. The predicted molar refractivity (Wildman–Crippen MR) is 109 cm³/mol. The van der Waals surface area contributed by atoms with Gasteiger partial charge >= 0.3 is 0 Å². The molecule has 0 saturated carbocycles. The number of nitrogens with zero attached hydrogens (tertiary/aromatic N) is 6. The molecule has 3 aromatic heterocycles. The Morgan fingerprint density at radius 3 is 2.50 bits per heavy atom. The van der Waals surface area contributed by atoms with Crippen LogP contribution in [0.5, 0.6) is 0 Å². The highest BCUT2D eigenvalue weighted by molar-refractivity contribution is 5.73. The minimum Gasteiger partial charge on any atom is -0.384 e. The summed E-state index contributed by atoms with van der Waals surface area (Å²) in [5.74, 6) is 2.10. The maximum absolute atomic E-state index is 5.35. The number of fused-ring (bicyclic) bond motifs is 1. The SMILES string of the molecule is COCC(COC)c1cnn2c(Nc3c(C)ccnc3N(C)C)nc(C)nc12. The lowest BCUT2D eigenvalue weighted by molar-refractivity contribution is 0.117. The van der Waals surface area contributed by atoms with Crippen molar-refractivity contribution in [1.29, 1.82) is 0 Å². The molecule has 0 atom stereocenters. The average molecular weight is 385 g/mol. The van der Waals surface area contributed by atoms with Crippen molar-refractivity contribution in [2.24, 2.45) is 0 Å². The van der Waals surface area contributed by atoms with E-state index in [4.69, 9.17) is 9.47 Å². The lowest BCUT2D eigenvalue weighted by atomic mass is 10.0. The van der Waals surface area contributed by atoms with E-state index in [0.717, 1.165) is 28.3 Å². The van der Waals surface area contributed by atoms with E-state index in [1.165, 1.54) is 0 Å². The first-order valence-corrected chi connectivity index (χ1v) is 9.06. The van der Waals surface area contributed by atoms with E-state index in [1.807, 2.05) is 38.9 Å². The fourth-order valence-corrected chi connectivity index (χ4v) is 3.15. The fourth-order valence-electron chi connectivity index (χ4n) is 3.15. The second-order valence-electron chi connectivity index (χ2n) is 6.88. The van der Waals surface area contributed by atoms with Crippen LogP contribution in [0, 0.1) is 13.8 Å². The van der Waals surface area contributed by atoms with Crippen LogP contribution in [-0.2, 0) is 9.47 Å². The molecule has 1 N–H and O–H groups in total. The molecule has 3 aromatic rings. The maximum atomic E-state index is 5.35. The van der Waals surface area contributed by atoms with Gasteiger partial charge in [-0.05, 0) is 25.5 Å². The van der Waals surface area contributed by atoms with Crippen molar-refractivity contribution in [1.82, 2.24) is 24.6 Å². The van der Waals surface area contributed by atoms with Gasteiger partial charge in [0.1, 0.15) is 5.82 Å². The summed E-state index contributed by atoms with van der Waals surface area (Å²) in [6, 6.07) is 1.96. The molecule has 0 radical (unpaired) electrons. The summed E-state index contributed by atoms with van der Waals surface area (Å²) in [4.78, 5) is 15.6. The molecule has 28 heavy (non-hydrogen) atoms. The zero-order valence-electron chi connectivity index (χ0n) is 17.2. The monoisotopic (exact) mass is 385 g/mol. The van der Waals surface area contributed by atoms with E-state index in [9.17, 15) is 0 Å². The number of anilines is 3. The molecule has 0 spiro atoms. The third-order valence-corrected chi connectivity index (χ3v) is 4.48. The molecule has 0 aromatic carbocycles. The summed E-state index contributed by atoms with van der Waals surface area (Å²) >= 11 is 0. The molecular weight excluding hydrogens is 358 g/mol. The van der Waals surface area contributed by atoms with Crippen LogP contribution in [0.15, 0.2) is 18.5 Å². The molecule has 3 rings (SSSR count). The van der Waals surface area contributed by atoms with Gasteiger partial charge in [-0.25, -0.2) is 9.97 Å². The molecule has 150 valence electrons. The van der Waals surface area contributed by atoms with Gasteiger partial charge in [0.05, 0.1) is 25.1 Å². The van der Waals surface area contributed by atoms with Crippen LogP contribution in [0.1, 0.15) is 22.9 Å². The van der Waals surface area contributed by atoms with E-state index in [0.29, 0.717) is 25.0 Å². The molecular formula is C19H27N7O2. The number of aromatic nitrogens is 5. The molecule has 0 fully saturated rings. The van der Waals surface area contributed by atoms with Crippen molar-refractivity contribution < 1.29 is 9.47 Å². The number of hydrogen-bond acceptors (Lipinski definition) is 8. The van der Waals surface area contributed by atoms with E-state index in [1.54, 1.807) is 31.1 Å². The van der Waals surface area contributed by atoms with Gasteiger partial charge in [0, 0.05) is 46.0 Å². The molecule has 0 saturated heterocycles. The predicted octanol–water partition coefficient (Wildman–Crippen LogP) is 2.32. The van der Waals surface area contributed by atoms with Crippen LogP contribution in [0.25, 0.3) is 5.65 Å². The Morgan fingerprint density at radius 2 is 1.86 bits per heavy atom. The van der Waals surface area contributed by atoms with Gasteiger partial charge in [-0.2, -0.15) is 14.6 Å². The number of hydrogen-bond donors (Lipinski definition) is 1. The molecule has 3 heterocycles. The summed E-state index contributed by atoms with van der Waals surface area (Å²) in [7, 11) is 7.27. The molecule has 0 bridgehead atoms. The summed E-state index contributed by atoms with van der Waals surface area (Å²) in [6.07, 6.45) is 3.60. The van der Waals surface area contributed by atoms with E-state index < -0.39 is 0 Å². The third-order valence-electron chi connectivity index (χ3n) is 4.48. The van der Waals surface area contributed by atoms with Crippen LogP contribution >= 0.6 is 0 Å². The van der Waals surface area contributed by atoms with Gasteiger partial charge in [0.25, 0.3) is 0 Å². The highest BCUT2D eigenvalue weighted by atomic mass is 16.5. The molecule has 9 heteroatoms. The molecule has 9 nitrogen and oxygen atoms in total. The fraction of sp³-hybridized carbons (Fsp3) is 0.474. The van der Waals surface area contributed by atoms with Gasteiger partial charge in [-0.3, -0.25) is 0 Å².